The predicted molar refractivity (Wildman–Crippen MR) is 139 cm³/mol. The second kappa shape index (κ2) is 13.7. The van der Waals surface area contributed by atoms with Crippen molar-refractivity contribution in [1.29, 1.82) is 5.26 Å². The Morgan fingerprint density at radius 2 is 1.79 bits per heavy atom. The Balaban J connectivity index is 0.000000970. The van der Waals surface area contributed by atoms with E-state index in [1.807, 2.05) is 31.8 Å². The molecule has 0 saturated carbocycles. The molecule has 0 spiro atoms. The summed E-state index contributed by atoms with van der Waals surface area (Å²) < 4.78 is 0. The highest BCUT2D eigenvalue weighted by Gasteiger charge is 2.18. The fourth-order valence-electron chi connectivity index (χ4n) is 4.28. The Hall–Kier alpha value is -3.75. The number of rotatable bonds is 6. The van der Waals surface area contributed by atoms with Crippen LogP contribution in [0, 0.1) is 18.3 Å². The molecule has 0 saturated heterocycles. The Bertz CT molecular complexity index is 1120. The standard InChI is InChI=1S/C27H29N3.2CH2O/c1-3-4-14-30-15-13-25-23(19-30)9-6-10-27(25)29-24-12-11-20(2)26(17-24)22-8-5-7-21(16-22)18-28;2*1-2/h5-12,16-17,29H,3-4,13-15,19H2,1-2H3;2*1H2. The molecule has 0 aromatic heterocycles. The van der Waals surface area contributed by atoms with E-state index in [9.17, 15) is 5.26 Å². The Morgan fingerprint density at radius 1 is 1.03 bits per heavy atom. The number of hydrogen-bond donors (Lipinski definition) is 1. The second-order valence-corrected chi connectivity index (χ2v) is 8.17. The molecule has 0 unspecified atom stereocenters. The van der Waals surface area contributed by atoms with Gasteiger partial charge in [-0.3, -0.25) is 4.90 Å². The van der Waals surface area contributed by atoms with Gasteiger partial charge in [-0.2, -0.15) is 5.26 Å². The first-order valence-corrected chi connectivity index (χ1v) is 11.5. The van der Waals surface area contributed by atoms with E-state index in [-0.39, 0.29) is 0 Å². The van der Waals surface area contributed by atoms with E-state index in [0.29, 0.717) is 5.56 Å². The minimum absolute atomic E-state index is 0.690. The summed E-state index contributed by atoms with van der Waals surface area (Å²) in [6.07, 6.45) is 3.61. The van der Waals surface area contributed by atoms with Crippen LogP contribution in [0.1, 0.15) is 42.0 Å². The number of nitrogens with zero attached hydrogens (tertiary/aromatic N) is 2. The lowest BCUT2D eigenvalue weighted by Crippen LogP contribution is -2.31. The van der Waals surface area contributed by atoms with Crippen LogP contribution in [0.2, 0.25) is 0 Å². The summed E-state index contributed by atoms with van der Waals surface area (Å²) in [6, 6.07) is 23.2. The lowest BCUT2D eigenvalue weighted by atomic mass is 9.96. The Morgan fingerprint density at radius 3 is 2.53 bits per heavy atom. The van der Waals surface area contributed by atoms with Gasteiger partial charge in [-0.15, -0.1) is 0 Å². The normalized spacial score (nSPS) is 12.1. The SMILES string of the molecule is C=O.C=O.CCCCN1CCc2c(cccc2Nc2ccc(C)c(-c3cccc(C#N)c3)c2)C1. The lowest BCUT2D eigenvalue weighted by Gasteiger charge is -2.30. The zero-order chi connectivity index (χ0) is 24.9. The van der Waals surface area contributed by atoms with Crippen LogP contribution in [0.15, 0.2) is 60.7 Å². The third-order valence-corrected chi connectivity index (χ3v) is 5.99. The highest BCUT2D eigenvalue weighted by molar-refractivity contribution is 5.75. The molecule has 1 N–H and O–H groups in total. The molecule has 0 amide bonds. The van der Waals surface area contributed by atoms with Crippen LogP contribution >= 0.6 is 0 Å². The molecule has 3 aromatic carbocycles. The minimum Gasteiger partial charge on any atom is -0.355 e. The second-order valence-electron chi connectivity index (χ2n) is 8.17. The van der Waals surface area contributed by atoms with E-state index in [0.717, 1.165) is 36.3 Å². The summed E-state index contributed by atoms with van der Waals surface area (Å²) in [5, 5.41) is 12.9. The van der Waals surface area contributed by atoms with Crippen molar-refractivity contribution < 1.29 is 9.59 Å². The average molecular weight is 456 g/mol. The van der Waals surface area contributed by atoms with Gasteiger partial charge in [0.1, 0.15) is 13.6 Å². The quantitative estimate of drug-likeness (QED) is 0.489. The van der Waals surface area contributed by atoms with E-state index in [4.69, 9.17) is 9.59 Å². The van der Waals surface area contributed by atoms with E-state index < -0.39 is 0 Å². The number of aryl methyl sites for hydroxylation is 1. The van der Waals surface area contributed by atoms with Crippen LogP contribution in [0.25, 0.3) is 11.1 Å². The van der Waals surface area contributed by atoms with Crippen LogP contribution < -0.4 is 5.32 Å². The topological polar surface area (TPSA) is 73.2 Å². The Kier molecular flexibility index (Phi) is 10.7. The maximum absolute atomic E-state index is 9.24. The number of carbonyl (C=O) groups excluding carboxylic acids is 2. The van der Waals surface area contributed by atoms with Gasteiger partial charge in [-0.1, -0.05) is 43.7 Å². The number of anilines is 2. The summed E-state index contributed by atoms with van der Waals surface area (Å²) in [5.74, 6) is 0. The van der Waals surface area contributed by atoms with Crippen molar-refractivity contribution in [1.82, 2.24) is 4.90 Å². The molecule has 176 valence electrons. The maximum Gasteiger partial charge on any atom is 0.106 e. The fourth-order valence-corrected chi connectivity index (χ4v) is 4.28. The first kappa shape index (κ1) is 26.5. The zero-order valence-electron chi connectivity index (χ0n) is 20.1. The number of nitrogens with one attached hydrogen (secondary N) is 1. The van der Waals surface area contributed by atoms with Gasteiger partial charge < -0.3 is 14.9 Å². The minimum atomic E-state index is 0.690. The lowest BCUT2D eigenvalue weighted by molar-refractivity contribution is -0.0987. The molecular formula is C29H33N3O2. The molecular weight excluding hydrogens is 422 g/mol. The first-order chi connectivity index (χ1) is 16.7. The molecule has 34 heavy (non-hydrogen) atoms. The average Bonchev–Trinajstić information content (AvgIpc) is 2.91. The third kappa shape index (κ3) is 6.63. The molecule has 0 fully saturated rings. The summed E-state index contributed by atoms with van der Waals surface area (Å²) in [6.45, 7) is 11.7. The highest BCUT2D eigenvalue weighted by Crippen LogP contribution is 2.32. The van der Waals surface area contributed by atoms with Gasteiger partial charge in [0.15, 0.2) is 0 Å². The summed E-state index contributed by atoms with van der Waals surface area (Å²) in [4.78, 5) is 18.6. The van der Waals surface area contributed by atoms with Gasteiger partial charge in [0, 0.05) is 24.5 Å². The van der Waals surface area contributed by atoms with Gasteiger partial charge in [0.25, 0.3) is 0 Å². The molecule has 4 rings (SSSR count). The van der Waals surface area contributed by atoms with Gasteiger partial charge in [-0.25, -0.2) is 0 Å². The van der Waals surface area contributed by atoms with Crippen LogP contribution in [-0.4, -0.2) is 31.6 Å². The smallest absolute Gasteiger partial charge is 0.106 e. The molecule has 0 bridgehead atoms. The van der Waals surface area contributed by atoms with E-state index in [1.54, 1.807) is 0 Å². The Labute approximate surface area is 203 Å². The molecule has 3 aromatic rings. The third-order valence-electron chi connectivity index (χ3n) is 5.99. The molecule has 5 nitrogen and oxygen atoms in total. The summed E-state index contributed by atoms with van der Waals surface area (Å²) in [5.41, 5.74) is 9.31. The van der Waals surface area contributed by atoms with Crippen molar-refractivity contribution in [3.8, 4) is 17.2 Å². The number of carbonyl (C=O) groups is 2. The predicted octanol–water partition coefficient (Wildman–Crippen LogP) is 6.07. The van der Waals surface area contributed by atoms with Gasteiger partial charge in [0.05, 0.1) is 11.6 Å². The van der Waals surface area contributed by atoms with Crippen molar-refractivity contribution in [2.45, 2.75) is 39.7 Å². The molecule has 1 heterocycles. The van der Waals surface area contributed by atoms with Crippen LogP contribution in [0.5, 0.6) is 0 Å². The summed E-state index contributed by atoms with van der Waals surface area (Å²) in [7, 11) is 0. The van der Waals surface area contributed by atoms with Crippen molar-refractivity contribution in [3.63, 3.8) is 0 Å². The molecule has 5 heteroatoms. The van der Waals surface area contributed by atoms with Crippen LogP contribution in [0.4, 0.5) is 11.4 Å². The molecule has 0 atom stereocenters. The van der Waals surface area contributed by atoms with Crippen LogP contribution in [0.3, 0.4) is 0 Å². The number of unbranched alkanes of at least 4 members (excludes halogenated alkanes) is 1. The van der Waals surface area contributed by atoms with E-state index in [1.165, 1.54) is 41.8 Å². The van der Waals surface area contributed by atoms with Crippen LogP contribution in [-0.2, 0) is 22.6 Å². The van der Waals surface area contributed by atoms with Crippen molar-refractivity contribution in [3.05, 3.63) is 82.9 Å². The number of benzene rings is 3. The maximum atomic E-state index is 9.24. The number of hydrogen-bond acceptors (Lipinski definition) is 5. The van der Waals surface area contributed by atoms with Crippen molar-refractivity contribution in [2.24, 2.45) is 0 Å². The molecule has 0 aliphatic carbocycles. The molecule has 1 aliphatic heterocycles. The van der Waals surface area contributed by atoms with Crippen molar-refractivity contribution in [2.75, 3.05) is 18.4 Å². The van der Waals surface area contributed by atoms with E-state index in [2.05, 4.69) is 72.6 Å². The highest BCUT2D eigenvalue weighted by atomic mass is 16.1. The van der Waals surface area contributed by atoms with Gasteiger partial charge in [-0.05, 0) is 84.5 Å². The molecule has 1 aliphatic rings. The zero-order valence-corrected chi connectivity index (χ0v) is 20.1. The largest absolute Gasteiger partial charge is 0.355 e. The summed E-state index contributed by atoms with van der Waals surface area (Å²) >= 11 is 0. The van der Waals surface area contributed by atoms with E-state index >= 15 is 0 Å². The number of nitriles is 1. The van der Waals surface area contributed by atoms with Gasteiger partial charge in [0.2, 0.25) is 0 Å². The molecule has 0 radical (unpaired) electrons. The monoisotopic (exact) mass is 455 g/mol. The van der Waals surface area contributed by atoms with Gasteiger partial charge >= 0.3 is 0 Å². The fraction of sp³-hybridized carbons (Fsp3) is 0.276. The number of fused-ring (bicyclic) bond motifs is 1. The first-order valence-electron chi connectivity index (χ1n) is 11.5. The van der Waals surface area contributed by atoms with Crippen molar-refractivity contribution >= 4 is 25.0 Å².